The smallest absolute Gasteiger partial charge is 0.321 e. The Balaban J connectivity index is 1.88. The Kier molecular flexibility index (Phi) is 4.95. The quantitative estimate of drug-likeness (QED) is 0.892. The number of amides is 2. The summed E-state index contributed by atoms with van der Waals surface area (Å²) < 4.78 is 1.78. The lowest BCUT2D eigenvalue weighted by molar-refractivity contribution is 0.249. The van der Waals surface area contributed by atoms with Gasteiger partial charge in [0.15, 0.2) is 0 Å². The van der Waals surface area contributed by atoms with Gasteiger partial charge in [0.25, 0.3) is 0 Å². The molecule has 2 heterocycles. The van der Waals surface area contributed by atoms with E-state index in [-0.39, 0.29) is 18.1 Å². The van der Waals surface area contributed by atoms with E-state index in [1.54, 1.807) is 16.0 Å². The Morgan fingerprint density at radius 1 is 1.43 bits per heavy atom. The minimum absolute atomic E-state index is 0.0527. The third-order valence-electron chi connectivity index (χ3n) is 2.98. The van der Waals surface area contributed by atoms with Gasteiger partial charge in [-0.05, 0) is 39.1 Å². The van der Waals surface area contributed by atoms with Crippen molar-refractivity contribution in [2.75, 3.05) is 5.32 Å². The van der Waals surface area contributed by atoms with Gasteiger partial charge in [0.05, 0.1) is 0 Å². The lowest BCUT2D eigenvalue weighted by Gasteiger charge is -2.12. The number of hydrogen-bond donors (Lipinski definition) is 2. The minimum Gasteiger partial charge on any atom is -0.335 e. The first-order valence-electron chi connectivity index (χ1n) is 6.98. The second kappa shape index (κ2) is 6.71. The van der Waals surface area contributed by atoms with Gasteiger partial charge < -0.3 is 5.32 Å². The minimum atomic E-state index is -0.278. The molecule has 2 N–H and O–H groups in total. The van der Waals surface area contributed by atoms with E-state index >= 15 is 0 Å². The van der Waals surface area contributed by atoms with Crippen molar-refractivity contribution in [2.24, 2.45) is 0 Å². The SMILES string of the molecule is Cc1nc(NC(=O)N[C@@H](C)Cc2cccs2)nn1C(C)C. The van der Waals surface area contributed by atoms with E-state index in [4.69, 9.17) is 0 Å². The van der Waals surface area contributed by atoms with Gasteiger partial charge in [-0.25, -0.2) is 9.48 Å². The van der Waals surface area contributed by atoms with E-state index in [0.717, 1.165) is 12.2 Å². The maximum absolute atomic E-state index is 11.9. The van der Waals surface area contributed by atoms with Crippen molar-refractivity contribution in [2.45, 2.75) is 46.2 Å². The van der Waals surface area contributed by atoms with E-state index in [0.29, 0.717) is 5.95 Å². The molecular weight excluding hydrogens is 286 g/mol. The van der Waals surface area contributed by atoms with Crippen LogP contribution in [-0.4, -0.2) is 26.8 Å². The Morgan fingerprint density at radius 3 is 2.76 bits per heavy atom. The van der Waals surface area contributed by atoms with Crippen LogP contribution in [0.4, 0.5) is 10.7 Å². The molecule has 0 aliphatic carbocycles. The van der Waals surface area contributed by atoms with Gasteiger partial charge in [-0.3, -0.25) is 5.32 Å². The molecule has 7 heteroatoms. The topological polar surface area (TPSA) is 71.8 Å². The van der Waals surface area contributed by atoms with Gasteiger partial charge in [0.1, 0.15) is 5.82 Å². The zero-order chi connectivity index (χ0) is 15.4. The number of anilines is 1. The molecular formula is C14H21N5OS. The van der Waals surface area contributed by atoms with Gasteiger partial charge in [-0.15, -0.1) is 16.4 Å². The molecule has 0 bridgehead atoms. The van der Waals surface area contributed by atoms with E-state index < -0.39 is 0 Å². The predicted octanol–water partition coefficient (Wildman–Crippen LogP) is 2.98. The van der Waals surface area contributed by atoms with Crippen molar-refractivity contribution in [3.63, 3.8) is 0 Å². The molecule has 0 aliphatic heterocycles. The normalized spacial score (nSPS) is 12.4. The Bertz CT molecular complexity index is 591. The second-order valence-corrected chi connectivity index (χ2v) is 6.34. The summed E-state index contributed by atoms with van der Waals surface area (Å²) in [7, 11) is 0. The third-order valence-corrected chi connectivity index (χ3v) is 3.88. The number of urea groups is 1. The number of thiophene rings is 1. The molecule has 0 aromatic carbocycles. The molecule has 0 fully saturated rings. The molecule has 0 saturated heterocycles. The summed E-state index contributed by atoms with van der Waals surface area (Å²) in [5, 5.41) is 11.9. The van der Waals surface area contributed by atoms with E-state index in [9.17, 15) is 4.79 Å². The first-order valence-corrected chi connectivity index (χ1v) is 7.86. The summed E-state index contributed by atoms with van der Waals surface area (Å²) in [6.07, 6.45) is 0.817. The monoisotopic (exact) mass is 307 g/mol. The second-order valence-electron chi connectivity index (χ2n) is 5.30. The molecule has 2 aromatic rings. The summed E-state index contributed by atoms with van der Waals surface area (Å²) in [6, 6.07) is 4.07. The molecule has 2 aromatic heterocycles. The van der Waals surface area contributed by atoms with Crippen molar-refractivity contribution in [3.8, 4) is 0 Å². The number of nitrogens with one attached hydrogen (secondary N) is 2. The first kappa shape index (κ1) is 15.5. The fraction of sp³-hybridized carbons (Fsp3) is 0.500. The van der Waals surface area contributed by atoms with Gasteiger partial charge >= 0.3 is 6.03 Å². The van der Waals surface area contributed by atoms with Crippen LogP contribution >= 0.6 is 11.3 Å². The lowest BCUT2D eigenvalue weighted by atomic mass is 10.2. The molecule has 1 atom stereocenters. The van der Waals surface area contributed by atoms with Crippen LogP contribution in [-0.2, 0) is 6.42 Å². The molecule has 2 rings (SSSR count). The predicted molar refractivity (Wildman–Crippen MR) is 84.8 cm³/mol. The van der Waals surface area contributed by atoms with Crippen LogP contribution in [0.5, 0.6) is 0 Å². The maximum atomic E-state index is 11.9. The first-order chi connectivity index (χ1) is 9.95. The Hall–Kier alpha value is -1.89. The van der Waals surface area contributed by atoms with Crippen LogP contribution in [0.25, 0.3) is 0 Å². The van der Waals surface area contributed by atoms with Crippen molar-refractivity contribution < 1.29 is 4.79 Å². The van der Waals surface area contributed by atoms with Gasteiger partial charge in [0.2, 0.25) is 5.95 Å². The number of carbonyl (C=O) groups is 1. The summed E-state index contributed by atoms with van der Waals surface area (Å²) in [5.41, 5.74) is 0. The Morgan fingerprint density at radius 2 is 2.19 bits per heavy atom. The third kappa shape index (κ3) is 4.29. The lowest BCUT2D eigenvalue weighted by Crippen LogP contribution is -2.37. The van der Waals surface area contributed by atoms with Crippen LogP contribution < -0.4 is 10.6 Å². The molecule has 0 saturated carbocycles. The average Bonchev–Trinajstić information content (AvgIpc) is 2.98. The van der Waals surface area contributed by atoms with Crippen molar-refractivity contribution in [3.05, 3.63) is 28.2 Å². The van der Waals surface area contributed by atoms with E-state index in [1.165, 1.54) is 4.88 Å². The van der Waals surface area contributed by atoms with Crippen LogP contribution in [0.15, 0.2) is 17.5 Å². The van der Waals surface area contributed by atoms with Gasteiger partial charge in [0, 0.05) is 23.4 Å². The highest BCUT2D eigenvalue weighted by Crippen LogP contribution is 2.11. The molecule has 21 heavy (non-hydrogen) atoms. The molecule has 0 aliphatic rings. The molecule has 0 unspecified atom stereocenters. The van der Waals surface area contributed by atoms with Crippen LogP contribution in [0.3, 0.4) is 0 Å². The Labute approximate surface area is 128 Å². The highest BCUT2D eigenvalue weighted by Gasteiger charge is 2.13. The average molecular weight is 307 g/mol. The van der Waals surface area contributed by atoms with Crippen molar-refractivity contribution >= 4 is 23.3 Å². The zero-order valence-electron chi connectivity index (χ0n) is 12.8. The number of aryl methyl sites for hydroxylation is 1. The summed E-state index contributed by atoms with van der Waals surface area (Å²) in [5.74, 6) is 1.12. The van der Waals surface area contributed by atoms with Crippen LogP contribution in [0.2, 0.25) is 0 Å². The summed E-state index contributed by atoms with van der Waals surface area (Å²) in [4.78, 5) is 17.4. The highest BCUT2D eigenvalue weighted by atomic mass is 32.1. The fourth-order valence-electron chi connectivity index (χ4n) is 2.09. The van der Waals surface area contributed by atoms with Crippen molar-refractivity contribution in [1.82, 2.24) is 20.1 Å². The number of carbonyl (C=O) groups excluding carboxylic acids is 1. The van der Waals surface area contributed by atoms with Crippen LogP contribution in [0.1, 0.15) is 37.5 Å². The summed E-state index contributed by atoms with van der Waals surface area (Å²) >= 11 is 1.69. The number of hydrogen-bond acceptors (Lipinski definition) is 4. The highest BCUT2D eigenvalue weighted by molar-refractivity contribution is 7.09. The standard InChI is InChI=1S/C14H21N5OS/c1-9(2)19-11(4)16-13(18-19)17-14(20)15-10(3)8-12-6-5-7-21-12/h5-7,9-10H,8H2,1-4H3,(H2,15,17,18,20)/t10-/m0/s1. The van der Waals surface area contributed by atoms with Crippen molar-refractivity contribution in [1.29, 1.82) is 0 Å². The fourth-order valence-corrected chi connectivity index (χ4v) is 2.92. The summed E-state index contributed by atoms with van der Waals surface area (Å²) in [6.45, 7) is 7.89. The molecule has 2 amide bonds. The number of nitrogens with zero attached hydrogens (tertiary/aromatic N) is 3. The van der Waals surface area contributed by atoms with Gasteiger partial charge in [-0.1, -0.05) is 6.07 Å². The van der Waals surface area contributed by atoms with E-state index in [2.05, 4.69) is 26.8 Å². The maximum Gasteiger partial charge on any atom is 0.321 e. The molecule has 6 nitrogen and oxygen atoms in total. The number of aromatic nitrogens is 3. The van der Waals surface area contributed by atoms with Gasteiger partial charge in [-0.2, -0.15) is 4.98 Å². The molecule has 0 radical (unpaired) electrons. The molecule has 0 spiro atoms. The number of rotatable bonds is 5. The van der Waals surface area contributed by atoms with E-state index in [1.807, 2.05) is 39.1 Å². The molecule has 114 valence electrons. The zero-order valence-corrected chi connectivity index (χ0v) is 13.6. The largest absolute Gasteiger partial charge is 0.335 e. The van der Waals surface area contributed by atoms with Crippen LogP contribution in [0, 0.1) is 6.92 Å².